The molecule has 0 amide bonds. The van der Waals surface area contributed by atoms with Crippen LogP contribution in [0, 0.1) is 6.92 Å². The van der Waals surface area contributed by atoms with E-state index in [0.29, 0.717) is 21.6 Å². The largest absolute Gasteiger partial charge is 0.427 e. The average molecular weight is 505 g/mol. The number of hydrogen-bond donors (Lipinski definition) is 2. The lowest BCUT2D eigenvalue weighted by Gasteiger charge is -2.30. The first kappa shape index (κ1) is 23.2. The number of aryl methyl sites for hydroxylation is 2. The second-order valence-electron chi connectivity index (χ2n) is 8.53. The Bertz CT molecular complexity index is 1620. The van der Waals surface area contributed by atoms with Crippen LogP contribution in [0.1, 0.15) is 22.6 Å². The maximum atomic E-state index is 12.8. The van der Waals surface area contributed by atoms with Crippen LogP contribution < -0.4 is 11.3 Å². The fraction of sp³-hybridized carbons (Fsp3) is 0.111. The first-order valence-corrected chi connectivity index (χ1v) is 11.6. The fourth-order valence-corrected chi connectivity index (χ4v) is 4.75. The molecular formula is C27H22Cl2N4O2. The molecule has 8 heteroatoms. The van der Waals surface area contributed by atoms with Crippen molar-refractivity contribution in [1.29, 1.82) is 0 Å². The highest BCUT2D eigenvalue weighted by atomic mass is 35.5. The predicted octanol–water partition coefficient (Wildman–Crippen LogP) is 5.51. The summed E-state index contributed by atoms with van der Waals surface area (Å²) in [6.45, 7) is 1.69. The zero-order valence-electron chi connectivity index (χ0n) is 19.0. The van der Waals surface area contributed by atoms with Gasteiger partial charge in [0.05, 0.1) is 17.4 Å². The van der Waals surface area contributed by atoms with Crippen molar-refractivity contribution in [2.45, 2.75) is 12.5 Å². The molecule has 0 saturated carbocycles. The predicted molar refractivity (Wildman–Crippen MR) is 139 cm³/mol. The van der Waals surface area contributed by atoms with Gasteiger partial charge >= 0.3 is 0 Å². The molecule has 35 heavy (non-hydrogen) atoms. The van der Waals surface area contributed by atoms with Crippen molar-refractivity contribution in [2.75, 3.05) is 0 Å². The van der Waals surface area contributed by atoms with Crippen LogP contribution in [0.3, 0.4) is 0 Å². The number of fused-ring (bicyclic) bond motifs is 1. The van der Waals surface area contributed by atoms with Crippen molar-refractivity contribution < 1.29 is 5.21 Å². The molecule has 0 spiro atoms. The number of halogens is 2. The fourth-order valence-electron chi connectivity index (χ4n) is 4.43. The number of pyridine rings is 1. The number of benzene rings is 3. The normalized spacial score (nSPS) is 13.2. The van der Waals surface area contributed by atoms with E-state index < -0.39 is 5.54 Å². The summed E-state index contributed by atoms with van der Waals surface area (Å²) in [5.74, 6) is 0.409. The Kier molecular flexibility index (Phi) is 5.68. The summed E-state index contributed by atoms with van der Waals surface area (Å²) in [7, 11) is 1.73. The Morgan fingerprint density at radius 1 is 0.943 bits per heavy atom. The lowest BCUT2D eigenvalue weighted by molar-refractivity contribution is 0.178. The second kappa shape index (κ2) is 8.57. The maximum Gasteiger partial charge on any atom is 0.251 e. The quantitative estimate of drug-likeness (QED) is 0.316. The minimum Gasteiger partial charge on any atom is -0.427 e. The molecular weight excluding hydrogens is 483 g/mol. The van der Waals surface area contributed by atoms with Gasteiger partial charge in [-0.05, 0) is 65.6 Å². The lowest BCUT2D eigenvalue weighted by Crippen LogP contribution is -2.39. The third kappa shape index (κ3) is 3.90. The molecule has 0 saturated heterocycles. The molecule has 0 aliphatic heterocycles. The van der Waals surface area contributed by atoms with Crippen LogP contribution in [0.25, 0.3) is 22.0 Å². The third-order valence-corrected chi connectivity index (χ3v) is 6.89. The Hall–Kier alpha value is -3.58. The van der Waals surface area contributed by atoms with E-state index in [1.165, 1.54) is 6.20 Å². The second-order valence-corrected chi connectivity index (χ2v) is 9.40. The van der Waals surface area contributed by atoms with Crippen LogP contribution >= 0.6 is 23.2 Å². The molecule has 0 aliphatic rings. The van der Waals surface area contributed by atoms with E-state index in [-0.39, 0.29) is 5.56 Å². The molecule has 6 nitrogen and oxygen atoms in total. The Labute approximate surface area is 211 Å². The molecule has 0 unspecified atom stereocenters. The Morgan fingerprint density at radius 3 is 2.31 bits per heavy atom. The Morgan fingerprint density at radius 2 is 1.66 bits per heavy atom. The van der Waals surface area contributed by atoms with Crippen molar-refractivity contribution in [2.24, 2.45) is 12.8 Å². The number of aromatic nitrogens is 3. The minimum atomic E-state index is -1.21. The van der Waals surface area contributed by atoms with Gasteiger partial charge in [0.15, 0.2) is 0 Å². The summed E-state index contributed by atoms with van der Waals surface area (Å²) >= 11 is 12.4. The number of imidazole rings is 1. The molecule has 2 aromatic heterocycles. The summed E-state index contributed by atoms with van der Waals surface area (Å²) in [5.41, 5.74) is 10.1. The summed E-state index contributed by atoms with van der Waals surface area (Å²) in [6, 6.07) is 21.9. The topological polar surface area (TPSA) is 86.1 Å². The highest BCUT2D eigenvalue weighted by Crippen LogP contribution is 2.37. The van der Waals surface area contributed by atoms with Crippen LogP contribution in [-0.2, 0) is 12.6 Å². The van der Waals surface area contributed by atoms with Gasteiger partial charge in [0.2, 0.25) is 0 Å². The van der Waals surface area contributed by atoms with Crippen LogP contribution in [-0.4, -0.2) is 19.5 Å². The van der Waals surface area contributed by atoms with E-state index >= 15 is 0 Å². The highest BCUT2D eigenvalue weighted by molar-refractivity contribution is 6.31. The maximum absolute atomic E-state index is 12.8. The summed E-state index contributed by atoms with van der Waals surface area (Å²) in [4.78, 5) is 17.3. The molecule has 0 aliphatic carbocycles. The summed E-state index contributed by atoms with van der Waals surface area (Å²) in [5, 5.41) is 12.2. The third-order valence-electron chi connectivity index (χ3n) is 6.40. The molecule has 176 valence electrons. The highest BCUT2D eigenvalue weighted by Gasteiger charge is 2.35. The standard InChI is InChI=1S/C27H22Cl2N4O2/c1-16-31-25(15-33(16)35)27(30,18-6-9-20(28)10-7-18)19-8-11-24-23(13-19)22(14-26(34)32(24)2)17-4-3-5-21(29)12-17/h3-15,35H,30H2,1-2H3/t27-/m1/s1. The van der Waals surface area contributed by atoms with Crippen LogP contribution in [0.4, 0.5) is 0 Å². The zero-order valence-corrected chi connectivity index (χ0v) is 20.5. The van der Waals surface area contributed by atoms with Crippen molar-refractivity contribution in [3.05, 3.63) is 122 Å². The van der Waals surface area contributed by atoms with Gasteiger partial charge in [-0.1, -0.05) is 53.5 Å². The smallest absolute Gasteiger partial charge is 0.251 e. The molecule has 2 heterocycles. The summed E-state index contributed by atoms with van der Waals surface area (Å²) in [6.07, 6.45) is 1.51. The number of nitrogens with zero attached hydrogens (tertiary/aromatic N) is 3. The first-order valence-electron chi connectivity index (χ1n) is 10.9. The molecule has 0 bridgehead atoms. The SMILES string of the molecule is Cc1nc([C@@](N)(c2ccc(Cl)cc2)c2ccc3c(c2)c(-c2cccc(Cl)c2)cc(=O)n3C)cn1O. The molecule has 5 aromatic rings. The van der Waals surface area contributed by atoms with E-state index in [1.807, 2.05) is 48.5 Å². The monoisotopic (exact) mass is 504 g/mol. The van der Waals surface area contributed by atoms with E-state index in [1.54, 1.807) is 42.8 Å². The van der Waals surface area contributed by atoms with Crippen molar-refractivity contribution in [3.63, 3.8) is 0 Å². The van der Waals surface area contributed by atoms with Crippen molar-refractivity contribution in [3.8, 4) is 11.1 Å². The van der Waals surface area contributed by atoms with Gasteiger partial charge < -0.3 is 15.5 Å². The van der Waals surface area contributed by atoms with Crippen molar-refractivity contribution >= 4 is 34.1 Å². The van der Waals surface area contributed by atoms with Crippen LogP contribution in [0.2, 0.25) is 10.0 Å². The van der Waals surface area contributed by atoms with Gasteiger partial charge in [0, 0.05) is 28.5 Å². The molecule has 0 radical (unpaired) electrons. The minimum absolute atomic E-state index is 0.133. The Balaban J connectivity index is 1.84. The van der Waals surface area contributed by atoms with E-state index in [9.17, 15) is 10.0 Å². The molecule has 3 N–H and O–H groups in total. The van der Waals surface area contributed by atoms with Gasteiger partial charge in [-0.15, -0.1) is 0 Å². The van der Waals surface area contributed by atoms with E-state index in [2.05, 4.69) is 4.98 Å². The average Bonchev–Trinajstić information content (AvgIpc) is 3.19. The van der Waals surface area contributed by atoms with Gasteiger partial charge in [0.1, 0.15) is 11.4 Å². The van der Waals surface area contributed by atoms with E-state index in [4.69, 9.17) is 28.9 Å². The van der Waals surface area contributed by atoms with E-state index in [0.717, 1.165) is 37.9 Å². The number of nitrogens with two attached hydrogens (primary N) is 1. The number of hydrogen-bond acceptors (Lipinski definition) is 4. The van der Waals surface area contributed by atoms with Gasteiger partial charge in [-0.25, -0.2) is 4.98 Å². The first-order chi connectivity index (χ1) is 16.7. The van der Waals surface area contributed by atoms with Crippen molar-refractivity contribution in [1.82, 2.24) is 14.3 Å². The van der Waals surface area contributed by atoms with Gasteiger partial charge in [-0.2, -0.15) is 4.73 Å². The zero-order chi connectivity index (χ0) is 24.9. The number of rotatable bonds is 4. The molecule has 1 atom stereocenters. The molecule has 3 aromatic carbocycles. The summed E-state index contributed by atoms with van der Waals surface area (Å²) < 4.78 is 2.55. The molecule has 5 rings (SSSR count). The van der Waals surface area contributed by atoms with Crippen LogP contribution in [0.15, 0.2) is 83.8 Å². The van der Waals surface area contributed by atoms with Gasteiger partial charge in [-0.3, -0.25) is 4.79 Å². The van der Waals surface area contributed by atoms with Crippen LogP contribution in [0.5, 0.6) is 0 Å². The lowest BCUT2D eigenvalue weighted by atomic mass is 9.80. The molecule has 0 fully saturated rings. The van der Waals surface area contributed by atoms with Gasteiger partial charge in [0.25, 0.3) is 5.56 Å².